The van der Waals surface area contributed by atoms with Crippen LogP contribution in [0.15, 0.2) is 48.5 Å². The predicted molar refractivity (Wildman–Crippen MR) is 77.9 cm³/mol. The highest BCUT2D eigenvalue weighted by molar-refractivity contribution is 5.91. The van der Waals surface area contributed by atoms with Crippen LogP contribution in [0.4, 0.5) is 13.6 Å². The second-order valence-electron chi connectivity index (χ2n) is 4.81. The van der Waals surface area contributed by atoms with Crippen LogP contribution in [0, 0.1) is 0 Å². The summed E-state index contributed by atoms with van der Waals surface area (Å²) in [6.07, 6.45) is -1.66. The lowest BCUT2D eigenvalue weighted by Gasteiger charge is -2.07. The van der Waals surface area contributed by atoms with E-state index < -0.39 is 18.6 Å². The normalized spacial score (nSPS) is 11.0. The van der Waals surface area contributed by atoms with Gasteiger partial charge < -0.3 is 19.4 Å². The molecule has 3 rings (SSSR count). The first-order valence-electron chi connectivity index (χ1n) is 6.90. The molecule has 6 nitrogen and oxygen atoms in total. The number of carbonyl (C=O) groups is 1. The quantitative estimate of drug-likeness (QED) is 0.717. The van der Waals surface area contributed by atoms with Crippen molar-refractivity contribution in [1.29, 1.82) is 0 Å². The van der Waals surface area contributed by atoms with Gasteiger partial charge in [-0.15, -0.1) is 5.10 Å². The van der Waals surface area contributed by atoms with Crippen molar-refractivity contribution in [3.63, 3.8) is 0 Å². The zero-order chi connectivity index (χ0) is 17.1. The first kappa shape index (κ1) is 15.7. The Bertz CT molecular complexity index is 865. The van der Waals surface area contributed by atoms with Crippen molar-refractivity contribution in [2.24, 2.45) is 0 Å². The molecular weight excluding hydrogens is 322 g/mol. The number of hydrogen-bond acceptors (Lipinski definition) is 5. The molecule has 0 spiro atoms. The number of ether oxygens (including phenoxy) is 2. The summed E-state index contributed by atoms with van der Waals surface area (Å²) in [4.78, 5) is 11.1. The molecule has 0 aliphatic rings. The van der Waals surface area contributed by atoms with Crippen LogP contribution in [-0.2, 0) is 6.61 Å². The summed E-state index contributed by atoms with van der Waals surface area (Å²) in [6, 6.07) is 13.6. The summed E-state index contributed by atoms with van der Waals surface area (Å²) in [7, 11) is 0. The van der Waals surface area contributed by atoms with Crippen molar-refractivity contribution >= 4 is 17.0 Å². The molecule has 24 heavy (non-hydrogen) atoms. The number of rotatable bonds is 5. The van der Waals surface area contributed by atoms with Crippen LogP contribution in [0.25, 0.3) is 10.9 Å². The number of aromatic nitrogens is 2. The van der Waals surface area contributed by atoms with Crippen LogP contribution in [0.1, 0.15) is 5.56 Å². The molecule has 3 aromatic rings. The van der Waals surface area contributed by atoms with Crippen molar-refractivity contribution in [2.75, 3.05) is 0 Å². The topological polar surface area (TPSA) is 76.4 Å². The monoisotopic (exact) mass is 333 g/mol. The molecular formula is C16H11F2N2O4-. The Labute approximate surface area is 134 Å². The highest BCUT2D eigenvalue weighted by Crippen LogP contribution is 2.29. The van der Waals surface area contributed by atoms with Crippen molar-refractivity contribution in [3.8, 4) is 11.6 Å². The van der Waals surface area contributed by atoms with E-state index in [1.54, 1.807) is 0 Å². The van der Waals surface area contributed by atoms with Gasteiger partial charge in [-0.2, -0.15) is 8.78 Å². The van der Waals surface area contributed by atoms with Crippen LogP contribution in [0.2, 0.25) is 0 Å². The maximum Gasteiger partial charge on any atom is 0.388 e. The molecule has 2 aromatic carbocycles. The largest absolute Gasteiger partial charge is 0.528 e. The molecule has 0 radical (unpaired) electrons. The van der Waals surface area contributed by atoms with Gasteiger partial charge in [-0.25, -0.2) is 4.68 Å². The lowest BCUT2D eigenvalue weighted by molar-refractivity contribution is -0.251. The summed E-state index contributed by atoms with van der Waals surface area (Å²) in [6.45, 7) is -2.85. The number of carbonyl (C=O) groups excluding carboxylic acids is 1. The molecule has 0 aliphatic heterocycles. The van der Waals surface area contributed by atoms with E-state index in [2.05, 4.69) is 9.84 Å². The number of alkyl halides is 2. The molecule has 0 N–H and O–H groups in total. The Hall–Kier alpha value is -3.16. The van der Waals surface area contributed by atoms with E-state index in [4.69, 9.17) is 4.74 Å². The van der Waals surface area contributed by atoms with E-state index in [1.165, 1.54) is 18.2 Å². The summed E-state index contributed by atoms with van der Waals surface area (Å²) < 4.78 is 35.0. The number of benzene rings is 2. The van der Waals surface area contributed by atoms with Gasteiger partial charge in [0, 0.05) is 6.07 Å². The molecule has 0 unspecified atom stereocenters. The SMILES string of the molecule is O=C([O-])n1nc(OC(F)F)c2ccc(OCc3ccccc3)cc21. The number of halogens is 2. The van der Waals surface area contributed by atoms with Gasteiger partial charge in [0.1, 0.15) is 12.4 Å². The van der Waals surface area contributed by atoms with Crippen LogP contribution in [0.5, 0.6) is 11.6 Å². The maximum absolute atomic E-state index is 12.4. The van der Waals surface area contributed by atoms with Crippen molar-refractivity contribution in [1.82, 2.24) is 9.78 Å². The number of carboxylic acid groups (broad SMARTS) is 1. The van der Waals surface area contributed by atoms with Crippen LogP contribution >= 0.6 is 0 Å². The molecule has 0 fully saturated rings. The van der Waals surface area contributed by atoms with Gasteiger partial charge in [0.15, 0.2) is 6.09 Å². The van der Waals surface area contributed by atoms with Gasteiger partial charge in [0.2, 0.25) is 5.88 Å². The number of nitrogens with zero attached hydrogens (tertiary/aromatic N) is 2. The Balaban J connectivity index is 1.91. The van der Waals surface area contributed by atoms with Crippen LogP contribution < -0.4 is 14.6 Å². The zero-order valence-electron chi connectivity index (χ0n) is 12.2. The van der Waals surface area contributed by atoms with E-state index >= 15 is 0 Å². The third-order valence-electron chi connectivity index (χ3n) is 3.24. The summed E-state index contributed by atoms with van der Waals surface area (Å²) in [5.41, 5.74) is 0.962. The molecule has 0 saturated carbocycles. The minimum Gasteiger partial charge on any atom is -0.528 e. The lowest BCUT2D eigenvalue weighted by atomic mass is 10.2. The number of fused-ring (bicyclic) bond motifs is 1. The zero-order valence-corrected chi connectivity index (χ0v) is 12.2. The van der Waals surface area contributed by atoms with Crippen LogP contribution in [0.3, 0.4) is 0 Å². The molecule has 8 heteroatoms. The average molecular weight is 333 g/mol. The van der Waals surface area contributed by atoms with Crippen LogP contribution in [-0.4, -0.2) is 22.5 Å². The van der Waals surface area contributed by atoms with Gasteiger partial charge in [0.25, 0.3) is 0 Å². The smallest absolute Gasteiger partial charge is 0.388 e. The predicted octanol–water partition coefficient (Wildman–Crippen LogP) is 2.41. The molecule has 124 valence electrons. The van der Waals surface area contributed by atoms with Gasteiger partial charge in [-0.05, 0) is 17.7 Å². The Morgan fingerprint density at radius 1 is 1.21 bits per heavy atom. The van der Waals surface area contributed by atoms with Crippen molar-refractivity contribution < 1.29 is 28.2 Å². The fraction of sp³-hybridized carbons (Fsp3) is 0.125. The Morgan fingerprint density at radius 2 is 1.96 bits per heavy atom. The molecule has 0 aliphatic carbocycles. The van der Waals surface area contributed by atoms with E-state index in [9.17, 15) is 18.7 Å². The lowest BCUT2D eigenvalue weighted by Crippen LogP contribution is -2.29. The number of hydrogen-bond donors (Lipinski definition) is 0. The van der Waals surface area contributed by atoms with E-state index in [1.807, 2.05) is 30.3 Å². The van der Waals surface area contributed by atoms with Crippen molar-refractivity contribution in [2.45, 2.75) is 13.2 Å². The molecule has 1 aromatic heterocycles. The van der Waals surface area contributed by atoms with Gasteiger partial charge in [-0.1, -0.05) is 30.3 Å². The molecule has 0 atom stereocenters. The van der Waals surface area contributed by atoms with Crippen molar-refractivity contribution in [3.05, 3.63) is 54.1 Å². The summed E-state index contributed by atoms with van der Waals surface area (Å²) in [5, 5.41) is 14.7. The molecule has 1 heterocycles. The summed E-state index contributed by atoms with van der Waals surface area (Å²) >= 11 is 0. The second kappa shape index (κ2) is 6.53. The molecule has 0 bridgehead atoms. The van der Waals surface area contributed by atoms with Gasteiger partial charge in [0.05, 0.1) is 10.9 Å². The second-order valence-corrected chi connectivity index (χ2v) is 4.81. The maximum atomic E-state index is 12.4. The minimum absolute atomic E-state index is 0.0382. The first-order chi connectivity index (χ1) is 11.5. The minimum atomic E-state index is -3.12. The van der Waals surface area contributed by atoms with Gasteiger partial charge >= 0.3 is 6.61 Å². The third-order valence-corrected chi connectivity index (χ3v) is 3.24. The Morgan fingerprint density at radius 3 is 2.62 bits per heavy atom. The summed E-state index contributed by atoms with van der Waals surface area (Å²) in [5.74, 6) is -0.129. The highest BCUT2D eigenvalue weighted by Gasteiger charge is 2.16. The highest BCUT2D eigenvalue weighted by atomic mass is 19.3. The fourth-order valence-corrected chi connectivity index (χ4v) is 2.21. The van der Waals surface area contributed by atoms with Gasteiger partial charge in [-0.3, -0.25) is 0 Å². The third kappa shape index (κ3) is 3.27. The van der Waals surface area contributed by atoms with E-state index in [0.29, 0.717) is 10.4 Å². The van der Waals surface area contributed by atoms with E-state index in [-0.39, 0.29) is 17.5 Å². The van der Waals surface area contributed by atoms with E-state index in [0.717, 1.165) is 5.56 Å². The standard InChI is InChI=1S/C16H12F2N2O4/c17-15(18)24-14-12-7-6-11(8-13(12)20(19-14)16(21)22)23-9-10-4-2-1-3-5-10/h1-8,15H,9H2,(H,21,22)/p-1. The fourth-order valence-electron chi connectivity index (χ4n) is 2.21. The first-order valence-corrected chi connectivity index (χ1v) is 6.90. The Kier molecular flexibility index (Phi) is 4.28. The molecule has 0 amide bonds. The molecule has 0 saturated heterocycles. The average Bonchev–Trinajstić information content (AvgIpc) is 2.91.